The summed E-state index contributed by atoms with van der Waals surface area (Å²) in [5.74, 6) is -0.131. The van der Waals surface area contributed by atoms with Crippen molar-refractivity contribution in [3.8, 4) is 0 Å². The van der Waals surface area contributed by atoms with Gasteiger partial charge in [0.15, 0.2) is 0 Å². The third kappa shape index (κ3) is 6.97. The zero-order chi connectivity index (χ0) is 20.3. The Morgan fingerprint density at radius 3 is 2.26 bits per heavy atom. The molecule has 0 aliphatic heterocycles. The van der Waals surface area contributed by atoms with Crippen molar-refractivity contribution in [2.45, 2.75) is 106 Å². The van der Waals surface area contributed by atoms with E-state index in [1.54, 1.807) is 0 Å². The van der Waals surface area contributed by atoms with Crippen molar-refractivity contribution >= 4 is 5.97 Å². The van der Waals surface area contributed by atoms with Crippen LogP contribution in [0, 0.1) is 5.41 Å². The minimum Gasteiger partial charge on any atom is -0.461 e. The number of ether oxygens (including phenoxy) is 1. The SMILES string of the molecule is CC/C=C(/C(=O)OCC(CCC)(CCC)CCCC)C1=C(C)CCC=C1C. The number of allylic oxidation sites excluding steroid dienone is 4. The summed E-state index contributed by atoms with van der Waals surface area (Å²) in [6.07, 6.45) is 15.4. The molecule has 1 aliphatic carbocycles. The molecule has 0 bridgehead atoms. The molecule has 0 heterocycles. The van der Waals surface area contributed by atoms with Crippen LogP contribution in [0.2, 0.25) is 0 Å². The summed E-state index contributed by atoms with van der Waals surface area (Å²) in [5.41, 5.74) is 4.58. The molecule has 0 N–H and O–H groups in total. The summed E-state index contributed by atoms with van der Waals surface area (Å²) in [6.45, 7) is 13.6. The van der Waals surface area contributed by atoms with Crippen LogP contribution < -0.4 is 0 Å². The van der Waals surface area contributed by atoms with Gasteiger partial charge in [-0.1, -0.05) is 71.1 Å². The highest BCUT2D eigenvalue weighted by Crippen LogP contribution is 2.37. The maximum atomic E-state index is 13.1. The van der Waals surface area contributed by atoms with Crippen molar-refractivity contribution in [1.82, 2.24) is 0 Å². The van der Waals surface area contributed by atoms with Crippen molar-refractivity contribution in [2.24, 2.45) is 5.41 Å². The number of esters is 1. The van der Waals surface area contributed by atoms with E-state index in [9.17, 15) is 4.79 Å². The van der Waals surface area contributed by atoms with Crippen LogP contribution in [0.25, 0.3) is 0 Å². The Kier molecular flexibility index (Phi) is 10.7. The molecule has 1 rings (SSSR count). The number of unbranched alkanes of at least 4 members (excludes halogenated alkanes) is 1. The van der Waals surface area contributed by atoms with Crippen LogP contribution in [0.5, 0.6) is 0 Å². The van der Waals surface area contributed by atoms with Crippen LogP contribution in [-0.2, 0) is 9.53 Å². The van der Waals surface area contributed by atoms with Crippen LogP contribution in [0.15, 0.2) is 34.4 Å². The van der Waals surface area contributed by atoms with Gasteiger partial charge in [0.25, 0.3) is 0 Å². The van der Waals surface area contributed by atoms with Crippen LogP contribution in [0.4, 0.5) is 0 Å². The molecule has 0 saturated heterocycles. The fraction of sp³-hybridized carbons (Fsp3) is 0.720. The highest BCUT2D eigenvalue weighted by atomic mass is 16.5. The van der Waals surface area contributed by atoms with Gasteiger partial charge in [-0.2, -0.15) is 0 Å². The van der Waals surface area contributed by atoms with E-state index in [4.69, 9.17) is 4.74 Å². The molecular weight excluding hydrogens is 332 g/mol. The first kappa shape index (κ1) is 23.7. The van der Waals surface area contributed by atoms with Gasteiger partial charge in [-0.05, 0) is 63.5 Å². The lowest BCUT2D eigenvalue weighted by atomic mass is 9.76. The summed E-state index contributed by atoms with van der Waals surface area (Å²) in [5, 5.41) is 0. The molecular formula is C25H42O2. The van der Waals surface area contributed by atoms with Gasteiger partial charge in [0.2, 0.25) is 0 Å². The Labute approximate surface area is 168 Å². The van der Waals surface area contributed by atoms with E-state index in [0.29, 0.717) is 6.61 Å². The average molecular weight is 375 g/mol. The summed E-state index contributed by atoms with van der Waals surface area (Å²) in [4.78, 5) is 13.1. The molecule has 2 heteroatoms. The zero-order valence-electron chi connectivity index (χ0n) is 18.7. The molecule has 0 aromatic rings. The number of carbonyl (C=O) groups is 1. The smallest absolute Gasteiger partial charge is 0.338 e. The summed E-state index contributed by atoms with van der Waals surface area (Å²) < 4.78 is 6.01. The second kappa shape index (κ2) is 12.2. The third-order valence-corrected chi connectivity index (χ3v) is 5.82. The van der Waals surface area contributed by atoms with E-state index in [1.807, 2.05) is 0 Å². The van der Waals surface area contributed by atoms with E-state index < -0.39 is 0 Å². The fourth-order valence-electron chi connectivity index (χ4n) is 4.50. The Hall–Kier alpha value is -1.31. The van der Waals surface area contributed by atoms with Gasteiger partial charge in [-0.15, -0.1) is 0 Å². The summed E-state index contributed by atoms with van der Waals surface area (Å²) in [6, 6.07) is 0. The van der Waals surface area contributed by atoms with Gasteiger partial charge in [-0.3, -0.25) is 0 Å². The highest BCUT2D eigenvalue weighted by molar-refractivity contribution is 5.95. The molecule has 0 spiro atoms. The molecule has 0 unspecified atom stereocenters. The maximum Gasteiger partial charge on any atom is 0.338 e. The van der Waals surface area contributed by atoms with E-state index in [-0.39, 0.29) is 11.4 Å². The highest BCUT2D eigenvalue weighted by Gasteiger charge is 2.31. The third-order valence-electron chi connectivity index (χ3n) is 5.82. The van der Waals surface area contributed by atoms with Gasteiger partial charge in [-0.25, -0.2) is 4.79 Å². The lowest BCUT2D eigenvalue weighted by Crippen LogP contribution is -2.29. The lowest BCUT2D eigenvalue weighted by Gasteiger charge is -2.33. The van der Waals surface area contributed by atoms with Crippen LogP contribution in [-0.4, -0.2) is 12.6 Å². The fourth-order valence-corrected chi connectivity index (χ4v) is 4.50. The Morgan fingerprint density at radius 1 is 1.07 bits per heavy atom. The van der Waals surface area contributed by atoms with Crippen molar-refractivity contribution < 1.29 is 9.53 Å². The second-order valence-corrected chi connectivity index (χ2v) is 8.29. The predicted octanol–water partition coefficient (Wildman–Crippen LogP) is 7.70. The lowest BCUT2D eigenvalue weighted by molar-refractivity contribution is -0.143. The van der Waals surface area contributed by atoms with Gasteiger partial charge < -0.3 is 4.74 Å². The molecule has 0 atom stereocenters. The quantitative estimate of drug-likeness (QED) is 0.258. The minimum atomic E-state index is -0.131. The van der Waals surface area contributed by atoms with Crippen molar-refractivity contribution in [2.75, 3.05) is 6.61 Å². The first-order valence-corrected chi connectivity index (χ1v) is 11.2. The van der Waals surface area contributed by atoms with Crippen molar-refractivity contribution in [3.63, 3.8) is 0 Å². The molecule has 0 fully saturated rings. The predicted molar refractivity (Wildman–Crippen MR) is 117 cm³/mol. The molecule has 27 heavy (non-hydrogen) atoms. The van der Waals surface area contributed by atoms with Gasteiger partial charge in [0.05, 0.1) is 12.2 Å². The average Bonchev–Trinajstić information content (AvgIpc) is 2.64. The normalized spacial score (nSPS) is 15.8. The van der Waals surface area contributed by atoms with Crippen molar-refractivity contribution in [3.05, 3.63) is 34.4 Å². The maximum absolute atomic E-state index is 13.1. The molecule has 1 aliphatic rings. The Bertz CT molecular complexity index is 557. The molecule has 0 amide bonds. The summed E-state index contributed by atoms with van der Waals surface area (Å²) in [7, 11) is 0. The van der Waals surface area contributed by atoms with E-state index in [0.717, 1.165) is 62.5 Å². The molecule has 0 aromatic heterocycles. The van der Waals surface area contributed by atoms with E-state index in [2.05, 4.69) is 53.7 Å². The zero-order valence-corrected chi connectivity index (χ0v) is 18.7. The molecule has 0 aromatic carbocycles. The first-order valence-electron chi connectivity index (χ1n) is 11.2. The standard InChI is InChI=1S/C25H42O2/c1-7-11-18-25(16-9-3,17-10-4)19-27-24(26)22(13-8-2)23-20(5)14-12-15-21(23)6/h13-14H,7-12,15-19H2,1-6H3/b22-13+. The van der Waals surface area contributed by atoms with Gasteiger partial charge >= 0.3 is 5.97 Å². The molecule has 2 nitrogen and oxygen atoms in total. The number of hydrogen-bond acceptors (Lipinski definition) is 2. The molecule has 154 valence electrons. The van der Waals surface area contributed by atoms with E-state index >= 15 is 0 Å². The van der Waals surface area contributed by atoms with E-state index in [1.165, 1.54) is 24.0 Å². The Morgan fingerprint density at radius 2 is 1.74 bits per heavy atom. The Balaban J connectivity index is 3.00. The molecule has 0 radical (unpaired) electrons. The number of hydrogen-bond donors (Lipinski definition) is 0. The first-order chi connectivity index (χ1) is 12.9. The van der Waals surface area contributed by atoms with Gasteiger partial charge in [0.1, 0.15) is 0 Å². The minimum absolute atomic E-state index is 0.131. The monoisotopic (exact) mass is 374 g/mol. The molecule has 0 saturated carbocycles. The number of carbonyl (C=O) groups excluding carboxylic acids is 1. The summed E-state index contributed by atoms with van der Waals surface area (Å²) >= 11 is 0. The number of rotatable bonds is 12. The van der Waals surface area contributed by atoms with Crippen LogP contribution in [0.1, 0.15) is 106 Å². The van der Waals surface area contributed by atoms with Crippen LogP contribution >= 0.6 is 0 Å². The van der Waals surface area contributed by atoms with Crippen LogP contribution in [0.3, 0.4) is 0 Å². The van der Waals surface area contributed by atoms with Gasteiger partial charge in [0, 0.05) is 5.41 Å². The van der Waals surface area contributed by atoms with Crippen molar-refractivity contribution in [1.29, 1.82) is 0 Å². The topological polar surface area (TPSA) is 26.3 Å². The second-order valence-electron chi connectivity index (χ2n) is 8.29. The largest absolute Gasteiger partial charge is 0.461 e.